The highest BCUT2D eigenvalue weighted by atomic mass is 16.5. The summed E-state index contributed by atoms with van der Waals surface area (Å²) >= 11 is 0. The first kappa shape index (κ1) is 23.4. The van der Waals surface area contributed by atoms with Gasteiger partial charge in [0.2, 0.25) is 0 Å². The lowest BCUT2D eigenvalue weighted by atomic mass is 9.92. The van der Waals surface area contributed by atoms with E-state index in [-0.39, 0.29) is 12.6 Å². The lowest BCUT2D eigenvalue weighted by Gasteiger charge is -2.30. The molecule has 0 bridgehead atoms. The summed E-state index contributed by atoms with van der Waals surface area (Å²) in [5.41, 5.74) is 2.28. The number of carbonyl (C=O) groups is 2. The number of hydrogen-bond acceptors (Lipinski definition) is 4. The van der Waals surface area contributed by atoms with Crippen molar-refractivity contribution >= 4 is 17.7 Å². The SMILES string of the molecule is CCCCCCCOc1ccccc1C1NC(=O)NC(c2ccccc2)=C1C(=O)OCC. The molecule has 1 atom stereocenters. The fraction of sp³-hybridized carbons (Fsp3) is 0.385. The van der Waals surface area contributed by atoms with E-state index in [1.165, 1.54) is 19.3 Å². The second-order valence-corrected chi connectivity index (χ2v) is 7.71. The Morgan fingerprint density at radius 3 is 2.41 bits per heavy atom. The number of unbranched alkanes of at least 4 members (excludes halogenated alkanes) is 4. The molecule has 1 heterocycles. The minimum absolute atomic E-state index is 0.237. The maximum Gasteiger partial charge on any atom is 0.338 e. The van der Waals surface area contributed by atoms with Gasteiger partial charge in [0.25, 0.3) is 0 Å². The van der Waals surface area contributed by atoms with Gasteiger partial charge in [-0.25, -0.2) is 9.59 Å². The third-order valence-corrected chi connectivity index (χ3v) is 5.37. The Kier molecular flexibility index (Phi) is 8.72. The molecule has 2 N–H and O–H groups in total. The molecule has 0 saturated heterocycles. The smallest absolute Gasteiger partial charge is 0.338 e. The average molecular weight is 437 g/mol. The Balaban J connectivity index is 1.94. The number of benzene rings is 2. The first-order valence-corrected chi connectivity index (χ1v) is 11.4. The Labute approximate surface area is 190 Å². The standard InChI is InChI=1S/C26H32N2O4/c1-3-5-6-7-13-18-32-21-17-12-11-16-20(21)24-22(25(29)31-4-2)23(27-26(30)28-24)19-14-9-8-10-15-19/h8-12,14-17,24H,3-7,13,18H2,1-2H3,(H2,27,28,30). The summed E-state index contributed by atoms with van der Waals surface area (Å²) in [5.74, 6) is 0.183. The summed E-state index contributed by atoms with van der Waals surface area (Å²) in [5, 5.41) is 5.69. The third-order valence-electron chi connectivity index (χ3n) is 5.37. The molecule has 1 aliphatic rings. The van der Waals surface area contributed by atoms with Gasteiger partial charge in [-0.1, -0.05) is 81.1 Å². The number of carbonyl (C=O) groups excluding carboxylic acids is 2. The van der Waals surface area contributed by atoms with Crippen LogP contribution in [0.25, 0.3) is 5.70 Å². The van der Waals surface area contributed by atoms with Gasteiger partial charge in [0, 0.05) is 5.56 Å². The highest BCUT2D eigenvalue weighted by Crippen LogP contribution is 2.36. The summed E-state index contributed by atoms with van der Waals surface area (Å²) in [4.78, 5) is 25.6. The molecule has 6 nitrogen and oxygen atoms in total. The van der Waals surface area contributed by atoms with Crippen LogP contribution in [0, 0.1) is 0 Å². The molecule has 170 valence electrons. The summed E-state index contributed by atoms with van der Waals surface area (Å²) < 4.78 is 11.5. The van der Waals surface area contributed by atoms with Crippen LogP contribution < -0.4 is 15.4 Å². The second kappa shape index (κ2) is 11.9. The largest absolute Gasteiger partial charge is 0.493 e. The lowest BCUT2D eigenvalue weighted by Crippen LogP contribution is -2.45. The topological polar surface area (TPSA) is 76.7 Å². The average Bonchev–Trinajstić information content (AvgIpc) is 2.81. The van der Waals surface area contributed by atoms with Crippen molar-refractivity contribution in [2.45, 2.75) is 52.0 Å². The predicted octanol–water partition coefficient (Wildman–Crippen LogP) is 5.36. The molecular formula is C26H32N2O4. The van der Waals surface area contributed by atoms with E-state index in [9.17, 15) is 9.59 Å². The number of para-hydroxylation sites is 1. The van der Waals surface area contributed by atoms with Gasteiger partial charge in [-0.05, 0) is 25.0 Å². The Bertz CT molecular complexity index is 940. The van der Waals surface area contributed by atoms with E-state index in [4.69, 9.17) is 9.47 Å². The second-order valence-electron chi connectivity index (χ2n) is 7.71. The predicted molar refractivity (Wildman–Crippen MR) is 125 cm³/mol. The van der Waals surface area contributed by atoms with E-state index in [2.05, 4.69) is 17.6 Å². The van der Waals surface area contributed by atoms with E-state index in [0.29, 0.717) is 23.6 Å². The quantitative estimate of drug-likeness (QED) is 0.367. The highest BCUT2D eigenvalue weighted by Gasteiger charge is 2.35. The molecule has 0 fully saturated rings. The van der Waals surface area contributed by atoms with Crippen LogP contribution >= 0.6 is 0 Å². The number of rotatable bonds is 11. The van der Waals surface area contributed by atoms with E-state index in [0.717, 1.165) is 24.0 Å². The van der Waals surface area contributed by atoms with Gasteiger partial charge < -0.3 is 20.1 Å². The molecule has 0 radical (unpaired) electrons. The molecule has 1 aliphatic heterocycles. The van der Waals surface area contributed by atoms with Crippen LogP contribution in [0.5, 0.6) is 5.75 Å². The number of esters is 1. The van der Waals surface area contributed by atoms with Gasteiger partial charge in [0.15, 0.2) is 0 Å². The van der Waals surface area contributed by atoms with Crippen LogP contribution in [-0.2, 0) is 9.53 Å². The zero-order valence-corrected chi connectivity index (χ0v) is 18.9. The maximum atomic E-state index is 13.0. The lowest BCUT2D eigenvalue weighted by molar-refractivity contribution is -0.138. The van der Waals surface area contributed by atoms with E-state index in [1.807, 2.05) is 54.6 Å². The van der Waals surface area contributed by atoms with Crippen LogP contribution in [0.2, 0.25) is 0 Å². The fourth-order valence-corrected chi connectivity index (χ4v) is 3.80. The number of ether oxygens (including phenoxy) is 2. The summed E-state index contributed by atoms with van der Waals surface area (Å²) in [7, 11) is 0. The molecule has 0 spiro atoms. The molecule has 6 heteroatoms. The van der Waals surface area contributed by atoms with Gasteiger partial charge in [-0.15, -0.1) is 0 Å². The third kappa shape index (κ3) is 5.90. The van der Waals surface area contributed by atoms with Gasteiger partial charge in [-0.2, -0.15) is 0 Å². The van der Waals surface area contributed by atoms with Crippen LogP contribution in [0.3, 0.4) is 0 Å². The number of hydrogen-bond donors (Lipinski definition) is 2. The molecule has 32 heavy (non-hydrogen) atoms. The van der Waals surface area contributed by atoms with Crippen molar-refractivity contribution < 1.29 is 19.1 Å². The minimum atomic E-state index is -0.686. The molecule has 2 amide bonds. The van der Waals surface area contributed by atoms with Crippen LogP contribution in [0.1, 0.15) is 63.1 Å². The highest BCUT2D eigenvalue weighted by molar-refractivity contribution is 6.04. The normalized spacial score (nSPS) is 15.7. The van der Waals surface area contributed by atoms with E-state index in [1.54, 1.807) is 6.92 Å². The number of amides is 2. The van der Waals surface area contributed by atoms with Crippen LogP contribution in [-0.4, -0.2) is 25.2 Å². The van der Waals surface area contributed by atoms with Gasteiger partial charge in [0.1, 0.15) is 5.75 Å². The van der Waals surface area contributed by atoms with Crippen molar-refractivity contribution in [3.05, 3.63) is 71.3 Å². The molecule has 2 aromatic carbocycles. The first-order valence-electron chi connectivity index (χ1n) is 11.4. The van der Waals surface area contributed by atoms with Crippen molar-refractivity contribution in [2.75, 3.05) is 13.2 Å². The monoisotopic (exact) mass is 436 g/mol. The van der Waals surface area contributed by atoms with Crippen molar-refractivity contribution in [1.82, 2.24) is 10.6 Å². The van der Waals surface area contributed by atoms with Crippen molar-refractivity contribution in [3.8, 4) is 5.75 Å². The van der Waals surface area contributed by atoms with Crippen molar-refractivity contribution in [2.24, 2.45) is 0 Å². The molecule has 1 unspecified atom stereocenters. The molecular weight excluding hydrogens is 404 g/mol. The van der Waals surface area contributed by atoms with Crippen molar-refractivity contribution in [3.63, 3.8) is 0 Å². The summed E-state index contributed by atoms with van der Waals surface area (Å²) in [6.45, 7) is 4.78. The zero-order valence-electron chi connectivity index (χ0n) is 18.9. The number of urea groups is 1. The van der Waals surface area contributed by atoms with Gasteiger partial charge in [0.05, 0.1) is 30.5 Å². The van der Waals surface area contributed by atoms with Crippen molar-refractivity contribution in [1.29, 1.82) is 0 Å². The first-order chi connectivity index (χ1) is 15.7. The van der Waals surface area contributed by atoms with E-state index < -0.39 is 12.0 Å². The molecule has 3 rings (SSSR count). The molecule has 2 aromatic rings. The minimum Gasteiger partial charge on any atom is -0.493 e. The Morgan fingerprint density at radius 2 is 1.66 bits per heavy atom. The van der Waals surface area contributed by atoms with E-state index >= 15 is 0 Å². The fourth-order valence-electron chi connectivity index (χ4n) is 3.80. The molecule has 0 aromatic heterocycles. The van der Waals surface area contributed by atoms with Crippen LogP contribution in [0.4, 0.5) is 4.79 Å². The zero-order chi connectivity index (χ0) is 22.8. The molecule has 0 saturated carbocycles. The molecule has 0 aliphatic carbocycles. The Morgan fingerprint density at radius 1 is 0.938 bits per heavy atom. The summed E-state index contributed by atoms with van der Waals surface area (Å²) in [6, 6.07) is 15.8. The summed E-state index contributed by atoms with van der Waals surface area (Å²) in [6.07, 6.45) is 5.70. The Hall–Kier alpha value is -3.28. The van der Waals surface area contributed by atoms with Gasteiger partial charge >= 0.3 is 12.0 Å². The number of nitrogens with one attached hydrogen (secondary N) is 2. The van der Waals surface area contributed by atoms with Gasteiger partial charge in [-0.3, -0.25) is 0 Å². The maximum absolute atomic E-state index is 13.0. The van der Waals surface area contributed by atoms with Crippen LogP contribution in [0.15, 0.2) is 60.2 Å².